The molecule has 0 spiro atoms. The summed E-state index contributed by atoms with van der Waals surface area (Å²) in [4.78, 5) is 0. The van der Waals surface area contributed by atoms with Gasteiger partial charge in [-0.25, -0.2) is 8.78 Å². The van der Waals surface area contributed by atoms with Crippen molar-refractivity contribution in [1.82, 2.24) is 5.32 Å². The predicted molar refractivity (Wildman–Crippen MR) is 49.9 cm³/mol. The summed E-state index contributed by atoms with van der Waals surface area (Å²) in [6.07, 6.45) is 0. The van der Waals surface area contributed by atoms with Crippen LogP contribution in [0.25, 0.3) is 0 Å². The number of rotatable bonds is 1. The molecule has 1 heterocycles. The van der Waals surface area contributed by atoms with E-state index in [1.807, 2.05) is 0 Å². The summed E-state index contributed by atoms with van der Waals surface area (Å²) < 4.78 is 25.6. The van der Waals surface area contributed by atoms with Crippen LogP contribution in [0.1, 0.15) is 11.5 Å². The van der Waals surface area contributed by atoms with Crippen molar-refractivity contribution >= 4 is 0 Å². The minimum atomic E-state index is -0.812. The maximum atomic E-state index is 12.9. The summed E-state index contributed by atoms with van der Waals surface area (Å²) in [5, 5.41) is 3.11. The largest absolute Gasteiger partial charge is 0.326 e. The van der Waals surface area contributed by atoms with E-state index in [4.69, 9.17) is 5.73 Å². The van der Waals surface area contributed by atoms with E-state index in [9.17, 15) is 8.78 Å². The lowest BCUT2D eigenvalue weighted by molar-refractivity contribution is 0.504. The standard InChI is InChI=1S/C10H12F2N2/c11-8-2-1-6(3-9(8)12)7-4-14-5-10(7)13/h1-3,7,10,14H,4-5,13H2. The van der Waals surface area contributed by atoms with Crippen molar-refractivity contribution in [1.29, 1.82) is 0 Å². The highest BCUT2D eigenvalue weighted by Gasteiger charge is 2.25. The molecular formula is C10H12F2N2. The molecule has 76 valence electrons. The molecule has 0 saturated carbocycles. The van der Waals surface area contributed by atoms with Crippen molar-refractivity contribution in [3.05, 3.63) is 35.4 Å². The van der Waals surface area contributed by atoms with E-state index < -0.39 is 11.6 Å². The fourth-order valence-electron chi connectivity index (χ4n) is 1.81. The molecule has 0 aliphatic carbocycles. The fourth-order valence-corrected chi connectivity index (χ4v) is 1.81. The van der Waals surface area contributed by atoms with Crippen molar-refractivity contribution in [3.63, 3.8) is 0 Å². The first-order valence-electron chi connectivity index (χ1n) is 4.59. The molecule has 2 unspecified atom stereocenters. The van der Waals surface area contributed by atoms with Crippen LogP contribution >= 0.6 is 0 Å². The summed E-state index contributed by atoms with van der Waals surface area (Å²) in [5.74, 6) is -1.53. The molecule has 2 rings (SSSR count). The summed E-state index contributed by atoms with van der Waals surface area (Å²) in [7, 11) is 0. The summed E-state index contributed by atoms with van der Waals surface area (Å²) >= 11 is 0. The van der Waals surface area contributed by atoms with Gasteiger partial charge in [-0.2, -0.15) is 0 Å². The second kappa shape index (κ2) is 3.63. The Morgan fingerprint density at radius 2 is 2.00 bits per heavy atom. The Morgan fingerprint density at radius 1 is 1.21 bits per heavy atom. The molecular weight excluding hydrogens is 186 g/mol. The van der Waals surface area contributed by atoms with Gasteiger partial charge in [0.15, 0.2) is 11.6 Å². The van der Waals surface area contributed by atoms with Crippen molar-refractivity contribution in [3.8, 4) is 0 Å². The van der Waals surface area contributed by atoms with E-state index >= 15 is 0 Å². The molecule has 3 N–H and O–H groups in total. The van der Waals surface area contributed by atoms with Crippen molar-refractivity contribution in [2.45, 2.75) is 12.0 Å². The minimum absolute atomic E-state index is 0.0140. The van der Waals surface area contributed by atoms with E-state index in [0.717, 1.165) is 24.7 Å². The van der Waals surface area contributed by atoms with Gasteiger partial charge in [-0.1, -0.05) is 6.07 Å². The van der Waals surface area contributed by atoms with Gasteiger partial charge >= 0.3 is 0 Å². The molecule has 4 heteroatoms. The number of nitrogens with two attached hydrogens (primary N) is 1. The molecule has 1 aromatic rings. The molecule has 1 saturated heterocycles. The molecule has 2 nitrogen and oxygen atoms in total. The van der Waals surface area contributed by atoms with Gasteiger partial charge in [-0.3, -0.25) is 0 Å². The Hall–Kier alpha value is -1.00. The molecule has 0 radical (unpaired) electrons. The normalized spacial score (nSPS) is 26.8. The SMILES string of the molecule is NC1CNCC1c1ccc(F)c(F)c1. The lowest BCUT2D eigenvalue weighted by Crippen LogP contribution is -2.27. The van der Waals surface area contributed by atoms with Crippen LogP contribution in [0.15, 0.2) is 18.2 Å². The van der Waals surface area contributed by atoms with Crippen molar-refractivity contribution in [2.24, 2.45) is 5.73 Å². The average molecular weight is 198 g/mol. The van der Waals surface area contributed by atoms with Crippen LogP contribution in [-0.2, 0) is 0 Å². The highest BCUT2D eigenvalue weighted by atomic mass is 19.2. The predicted octanol–water partition coefficient (Wildman–Crippen LogP) is 0.979. The van der Waals surface area contributed by atoms with Gasteiger partial charge in [0.2, 0.25) is 0 Å². The second-order valence-electron chi connectivity index (χ2n) is 3.60. The third kappa shape index (κ3) is 1.63. The first-order valence-corrected chi connectivity index (χ1v) is 4.59. The molecule has 1 aliphatic rings. The number of benzene rings is 1. The monoisotopic (exact) mass is 198 g/mol. The van der Waals surface area contributed by atoms with Crippen molar-refractivity contribution in [2.75, 3.05) is 13.1 Å². The lowest BCUT2D eigenvalue weighted by atomic mass is 9.95. The van der Waals surface area contributed by atoms with Crippen LogP contribution in [0.3, 0.4) is 0 Å². The Labute approximate surface area is 81.1 Å². The van der Waals surface area contributed by atoms with Crippen molar-refractivity contribution < 1.29 is 8.78 Å². The van der Waals surface area contributed by atoms with Gasteiger partial charge in [0.25, 0.3) is 0 Å². The zero-order chi connectivity index (χ0) is 10.1. The maximum Gasteiger partial charge on any atom is 0.159 e. The van der Waals surface area contributed by atoms with Gasteiger partial charge in [0.05, 0.1) is 0 Å². The molecule has 0 amide bonds. The summed E-state index contributed by atoms with van der Waals surface area (Å²) in [6, 6.07) is 3.96. The third-order valence-electron chi connectivity index (χ3n) is 2.63. The van der Waals surface area contributed by atoms with Crippen LogP contribution in [0.5, 0.6) is 0 Å². The first kappa shape index (κ1) is 9.55. The number of hydrogen-bond donors (Lipinski definition) is 2. The Balaban J connectivity index is 2.28. The van der Waals surface area contributed by atoms with E-state index in [1.165, 1.54) is 6.07 Å². The molecule has 1 fully saturated rings. The van der Waals surface area contributed by atoms with Crippen LogP contribution in [-0.4, -0.2) is 19.1 Å². The van der Waals surface area contributed by atoms with Crippen LogP contribution in [0.2, 0.25) is 0 Å². The zero-order valence-corrected chi connectivity index (χ0v) is 7.63. The fraction of sp³-hybridized carbons (Fsp3) is 0.400. The highest BCUT2D eigenvalue weighted by Crippen LogP contribution is 2.22. The van der Waals surface area contributed by atoms with Gasteiger partial charge in [0, 0.05) is 25.0 Å². The lowest BCUT2D eigenvalue weighted by Gasteiger charge is -2.14. The van der Waals surface area contributed by atoms with Crippen LogP contribution < -0.4 is 11.1 Å². The highest BCUT2D eigenvalue weighted by molar-refractivity contribution is 5.25. The zero-order valence-electron chi connectivity index (χ0n) is 7.63. The second-order valence-corrected chi connectivity index (χ2v) is 3.60. The topological polar surface area (TPSA) is 38.0 Å². The Kier molecular flexibility index (Phi) is 2.48. The number of halogens is 2. The molecule has 0 bridgehead atoms. The van der Waals surface area contributed by atoms with E-state index in [-0.39, 0.29) is 12.0 Å². The maximum absolute atomic E-state index is 12.9. The molecule has 14 heavy (non-hydrogen) atoms. The average Bonchev–Trinajstić information content (AvgIpc) is 2.57. The van der Waals surface area contributed by atoms with Gasteiger partial charge in [0.1, 0.15) is 0 Å². The third-order valence-corrected chi connectivity index (χ3v) is 2.63. The van der Waals surface area contributed by atoms with Gasteiger partial charge in [-0.05, 0) is 17.7 Å². The van der Waals surface area contributed by atoms with Crippen LogP contribution in [0.4, 0.5) is 8.78 Å². The Morgan fingerprint density at radius 3 is 2.57 bits per heavy atom. The molecule has 1 aliphatic heterocycles. The minimum Gasteiger partial charge on any atom is -0.326 e. The number of nitrogens with one attached hydrogen (secondary N) is 1. The summed E-state index contributed by atoms with van der Waals surface area (Å²) in [6.45, 7) is 1.45. The van der Waals surface area contributed by atoms with E-state index in [1.54, 1.807) is 6.07 Å². The quantitative estimate of drug-likeness (QED) is 0.706. The van der Waals surface area contributed by atoms with E-state index in [0.29, 0.717) is 0 Å². The van der Waals surface area contributed by atoms with Gasteiger partial charge in [-0.15, -0.1) is 0 Å². The molecule has 1 aromatic carbocycles. The Bertz CT molecular complexity index is 341. The van der Waals surface area contributed by atoms with E-state index in [2.05, 4.69) is 5.32 Å². The van der Waals surface area contributed by atoms with Gasteiger partial charge < -0.3 is 11.1 Å². The molecule has 2 atom stereocenters. The summed E-state index contributed by atoms with van der Waals surface area (Å²) in [5.41, 5.74) is 6.59. The number of hydrogen-bond acceptors (Lipinski definition) is 2. The first-order chi connectivity index (χ1) is 6.68. The van der Waals surface area contributed by atoms with Crippen LogP contribution in [0, 0.1) is 11.6 Å². The molecule has 0 aromatic heterocycles. The smallest absolute Gasteiger partial charge is 0.159 e.